The molecule has 0 amide bonds. The van der Waals surface area contributed by atoms with Gasteiger partial charge < -0.3 is 4.74 Å². The average Bonchev–Trinajstić information content (AvgIpc) is 2.53. The van der Waals surface area contributed by atoms with Crippen LogP contribution < -0.4 is 4.74 Å². The molecule has 0 aliphatic rings. The molecule has 25 heavy (non-hydrogen) atoms. The summed E-state index contributed by atoms with van der Waals surface area (Å²) >= 11 is 0. The van der Waals surface area contributed by atoms with Crippen molar-refractivity contribution >= 4 is 15.7 Å². The zero-order valence-corrected chi connectivity index (χ0v) is 15.1. The fourth-order valence-electron chi connectivity index (χ4n) is 2.42. The van der Waals surface area contributed by atoms with E-state index in [1.807, 2.05) is 32.0 Å². The summed E-state index contributed by atoms with van der Waals surface area (Å²) < 4.78 is 31.8. The molecule has 0 spiro atoms. The number of nitro benzene ring substituents is 1. The van der Waals surface area contributed by atoms with E-state index in [0.29, 0.717) is 5.75 Å². The first kappa shape index (κ1) is 18.9. The molecule has 2 aromatic carbocycles. The Labute approximate surface area is 147 Å². The first-order valence-corrected chi connectivity index (χ1v) is 9.06. The fourth-order valence-corrected chi connectivity index (χ4v) is 3.73. The highest BCUT2D eigenvalue weighted by Gasteiger charge is 2.28. The third-order valence-corrected chi connectivity index (χ3v) is 5.52. The molecule has 0 N–H and O–H groups in total. The monoisotopic (exact) mass is 364 g/mol. The van der Waals surface area contributed by atoms with Crippen molar-refractivity contribution in [2.45, 2.75) is 18.7 Å². The Bertz CT molecular complexity index is 860. The fraction of sp³-hybridized carbons (Fsp3) is 0.294. The van der Waals surface area contributed by atoms with Crippen LogP contribution in [0.15, 0.2) is 47.4 Å². The van der Waals surface area contributed by atoms with Crippen LogP contribution in [0.2, 0.25) is 0 Å². The normalized spacial score (nSPS) is 11.5. The minimum atomic E-state index is -3.97. The maximum atomic E-state index is 12.6. The molecule has 0 aromatic heterocycles. The van der Waals surface area contributed by atoms with E-state index in [-0.39, 0.29) is 18.0 Å². The largest absolute Gasteiger partial charge is 0.492 e. The van der Waals surface area contributed by atoms with Gasteiger partial charge in [-0.1, -0.05) is 18.2 Å². The summed E-state index contributed by atoms with van der Waals surface area (Å²) in [4.78, 5) is 10.0. The number of sulfonamides is 1. The predicted molar refractivity (Wildman–Crippen MR) is 94.3 cm³/mol. The molecule has 0 atom stereocenters. The number of rotatable bonds is 7. The number of nitrogens with zero attached hydrogens (tertiary/aromatic N) is 2. The van der Waals surface area contributed by atoms with Crippen LogP contribution in [0.25, 0.3) is 0 Å². The lowest BCUT2D eigenvalue weighted by molar-refractivity contribution is -0.387. The molecule has 0 unspecified atom stereocenters. The Morgan fingerprint density at radius 2 is 1.72 bits per heavy atom. The van der Waals surface area contributed by atoms with Crippen molar-refractivity contribution in [1.29, 1.82) is 0 Å². The zero-order valence-electron chi connectivity index (χ0n) is 14.3. The average molecular weight is 364 g/mol. The molecule has 0 saturated carbocycles. The molecule has 0 aliphatic carbocycles. The summed E-state index contributed by atoms with van der Waals surface area (Å²) in [6, 6.07) is 11.0. The standard InChI is InChI=1S/C17H20N2O5S/c1-13-10-14(2)12-15(11-13)24-9-8-18(3)25(22,23)17-7-5-4-6-16(17)19(20)21/h4-7,10-12H,8-9H2,1-3H3. The second-order valence-corrected chi connectivity index (χ2v) is 7.74. The lowest BCUT2D eigenvalue weighted by Crippen LogP contribution is -2.31. The number of ether oxygens (including phenoxy) is 1. The van der Waals surface area contributed by atoms with E-state index in [9.17, 15) is 18.5 Å². The Morgan fingerprint density at radius 3 is 2.32 bits per heavy atom. The lowest BCUT2D eigenvalue weighted by Gasteiger charge is -2.17. The van der Waals surface area contributed by atoms with Crippen LogP contribution in [0.3, 0.4) is 0 Å². The number of likely N-dealkylation sites (N-methyl/N-ethyl adjacent to an activating group) is 1. The van der Waals surface area contributed by atoms with Crippen LogP contribution in [0.1, 0.15) is 11.1 Å². The third-order valence-electron chi connectivity index (χ3n) is 3.62. The van der Waals surface area contributed by atoms with E-state index in [1.165, 1.54) is 31.3 Å². The Morgan fingerprint density at radius 1 is 1.12 bits per heavy atom. The quantitative estimate of drug-likeness (QED) is 0.557. The van der Waals surface area contributed by atoms with Gasteiger partial charge in [0.2, 0.25) is 10.0 Å². The van der Waals surface area contributed by atoms with E-state index in [0.717, 1.165) is 15.4 Å². The summed E-state index contributed by atoms with van der Waals surface area (Å²) in [5, 5.41) is 11.1. The second-order valence-electron chi connectivity index (χ2n) is 5.72. The molecular formula is C17H20N2O5S. The molecule has 0 fully saturated rings. The van der Waals surface area contributed by atoms with Crippen LogP contribution in [-0.2, 0) is 10.0 Å². The van der Waals surface area contributed by atoms with Crippen molar-refractivity contribution < 1.29 is 18.1 Å². The zero-order chi connectivity index (χ0) is 18.6. The molecule has 0 radical (unpaired) electrons. The van der Waals surface area contributed by atoms with Gasteiger partial charge in [-0.05, 0) is 43.2 Å². The predicted octanol–water partition coefficient (Wildman–Crippen LogP) is 2.91. The molecule has 0 saturated heterocycles. The van der Waals surface area contributed by atoms with E-state index >= 15 is 0 Å². The Hall–Kier alpha value is -2.45. The lowest BCUT2D eigenvalue weighted by atomic mass is 10.1. The third kappa shape index (κ3) is 4.55. The molecule has 8 heteroatoms. The van der Waals surface area contributed by atoms with Gasteiger partial charge in [-0.2, -0.15) is 4.31 Å². The van der Waals surface area contributed by atoms with Crippen molar-refractivity contribution in [3.05, 3.63) is 63.7 Å². The van der Waals surface area contributed by atoms with E-state index < -0.39 is 20.6 Å². The number of hydrogen-bond donors (Lipinski definition) is 0. The second kappa shape index (κ2) is 7.62. The summed E-state index contributed by atoms with van der Waals surface area (Å²) in [5.74, 6) is 0.661. The highest BCUT2D eigenvalue weighted by Crippen LogP contribution is 2.25. The van der Waals surface area contributed by atoms with Gasteiger partial charge in [-0.3, -0.25) is 10.1 Å². The summed E-state index contributed by atoms with van der Waals surface area (Å²) in [5.41, 5.74) is 1.66. The maximum Gasteiger partial charge on any atom is 0.289 e. The van der Waals surface area contributed by atoms with Crippen LogP contribution in [0, 0.1) is 24.0 Å². The Balaban J connectivity index is 2.09. The molecule has 2 rings (SSSR count). The first-order valence-electron chi connectivity index (χ1n) is 7.62. The number of nitro groups is 1. The first-order chi connectivity index (χ1) is 11.7. The van der Waals surface area contributed by atoms with E-state index in [1.54, 1.807) is 0 Å². The van der Waals surface area contributed by atoms with Gasteiger partial charge in [0.15, 0.2) is 4.90 Å². The highest BCUT2D eigenvalue weighted by molar-refractivity contribution is 7.89. The highest BCUT2D eigenvalue weighted by atomic mass is 32.2. The SMILES string of the molecule is Cc1cc(C)cc(OCCN(C)S(=O)(=O)c2ccccc2[N+](=O)[O-])c1. The number of aryl methyl sites for hydroxylation is 2. The minimum Gasteiger partial charge on any atom is -0.492 e. The Kier molecular flexibility index (Phi) is 5.76. The molecular weight excluding hydrogens is 344 g/mol. The number of hydrogen-bond acceptors (Lipinski definition) is 5. The molecule has 134 valence electrons. The number of para-hydroxylation sites is 1. The topological polar surface area (TPSA) is 89.8 Å². The molecule has 0 heterocycles. The molecule has 0 bridgehead atoms. The van der Waals surface area contributed by atoms with Gasteiger partial charge >= 0.3 is 0 Å². The van der Waals surface area contributed by atoms with E-state index in [4.69, 9.17) is 4.74 Å². The molecule has 7 nitrogen and oxygen atoms in total. The van der Waals surface area contributed by atoms with Crippen LogP contribution in [0.5, 0.6) is 5.75 Å². The maximum absolute atomic E-state index is 12.6. The van der Waals surface area contributed by atoms with Crippen molar-refractivity contribution in [1.82, 2.24) is 4.31 Å². The number of benzene rings is 2. The van der Waals surface area contributed by atoms with Crippen LogP contribution >= 0.6 is 0 Å². The van der Waals surface area contributed by atoms with Gasteiger partial charge in [-0.25, -0.2) is 8.42 Å². The van der Waals surface area contributed by atoms with Gasteiger partial charge in [0.05, 0.1) is 4.92 Å². The van der Waals surface area contributed by atoms with Gasteiger partial charge in [-0.15, -0.1) is 0 Å². The summed E-state index contributed by atoms with van der Waals surface area (Å²) in [6.45, 7) is 4.11. The summed E-state index contributed by atoms with van der Waals surface area (Å²) in [7, 11) is -2.60. The van der Waals surface area contributed by atoms with Crippen molar-refractivity contribution in [3.8, 4) is 5.75 Å². The molecule has 0 aliphatic heterocycles. The molecule has 2 aromatic rings. The van der Waals surface area contributed by atoms with Crippen molar-refractivity contribution in [2.75, 3.05) is 20.2 Å². The van der Waals surface area contributed by atoms with Crippen molar-refractivity contribution in [3.63, 3.8) is 0 Å². The van der Waals surface area contributed by atoms with E-state index in [2.05, 4.69) is 0 Å². The summed E-state index contributed by atoms with van der Waals surface area (Å²) in [6.07, 6.45) is 0. The van der Waals surface area contributed by atoms with Gasteiger partial charge in [0.1, 0.15) is 12.4 Å². The van der Waals surface area contributed by atoms with Gasteiger partial charge in [0, 0.05) is 19.7 Å². The van der Waals surface area contributed by atoms with Crippen LogP contribution in [-0.4, -0.2) is 37.8 Å². The minimum absolute atomic E-state index is 0.0708. The van der Waals surface area contributed by atoms with Crippen LogP contribution in [0.4, 0.5) is 5.69 Å². The van der Waals surface area contributed by atoms with Gasteiger partial charge in [0.25, 0.3) is 5.69 Å². The van der Waals surface area contributed by atoms with Crippen molar-refractivity contribution in [2.24, 2.45) is 0 Å². The smallest absolute Gasteiger partial charge is 0.289 e.